The van der Waals surface area contributed by atoms with E-state index in [0.29, 0.717) is 54.3 Å². The smallest absolute Gasteiger partial charge is 0.306 e. The maximum absolute atomic E-state index is 13.9. The van der Waals surface area contributed by atoms with Crippen molar-refractivity contribution >= 4 is 34.9 Å². The van der Waals surface area contributed by atoms with Gasteiger partial charge in [0, 0.05) is 37.8 Å². The predicted molar refractivity (Wildman–Crippen MR) is 136 cm³/mol. The van der Waals surface area contributed by atoms with Crippen LogP contribution in [0, 0.1) is 5.92 Å². The highest BCUT2D eigenvalue weighted by molar-refractivity contribution is 6.30. The van der Waals surface area contributed by atoms with Gasteiger partial charge in [0.05, 0.1) is 23.7 Å². The molecule has 1 fully saturated rings. The highest BCUT2D eigenvalue weighted by Gasteiger charge is 2.38. The summed E-state index contributed by atoms with van der Waals surface area (Å²) in [4.78, 5) is 23.3. The monoisotopic (exact) mass is 508 g/mol. The van der Waals surface area contributed by atoms with Crippen LogP contribution in [0.5, 0.6) is 0 Å². The van der Waals surface area contributed by atoms with E-state index in [1.807, 2.05) is 13.0 Å². The molecule has 35 heavy (non-hydrogen) atoms. The van der Waals surface area contributed by atoms with Gasteiger partial charge in [-0.1, -0.05) is 32.4 Å². The molecular formula is C26H35ClF2N4O2. The van der Waals surface area contributed by atoms with Crippen molar-refractivity contribution in [2.24, 2.45) is 5.92 Å². The van der Waals surface area contributed by atoms with Crippen LogP contribution in [0.2, 0.25) is 5.02 Å². The molecular weight excluding hydrogens is 474 g/mol. The largest absolute Gasteiger partial charge is 0.466 e. The summed E-state index contributed by atoms with van der Waals surface area (Å²) in [5.41, 5.74) is 1.59. The summed E-state index contributed by atoms with van der Waals surface area (Å²) in [6.45, 7) is 8.96. The number of nitrogens with one attached hydrogen (secondary N) is 1. The maximum atomic E-state index is 13.9. The van der Waals surface area contributed by atoms with Crippen LogP contribution in [-0.4, -0.2) is 41.1 Å². The average molecular weight is 509 g/mol. The van der Waals surface area contributed by atoms with E-state index in [1.54, 1.807) is 31.5 Å². The summed E-state index contributed by atoms with van der Waals surface area (Å²) in [7, 11) is 0. The van der Waals surface area contributed by atoms with E-state index in [9.17, 15) is 13.6 Å². The van der Waals surface area contributed by atoms with Crippen LogP contribution in [0.1, 0.15) is 71.3 Å². The number of pyridine rings is 2. The van der Waals surface area contributed by atoms with Crippen LogP contribution < -0.4 is 10.2 Å². The Morgan fingerprint density at radius 1 is 1.23 bits per heavy atom. The molecule has 0 unspecified atom stereocenters. The summed E-state index contributed by atoms with van der Waals surface area (Å²) in [5.74, 6) is -1.38. The number of carbonyl (C=O) groups is 1. The highest BCUT2D eigenvalue weighted by Crippen LogP contribution is 2.39. The predicted octanol–water partition coefficient (Wildman–Crippen LogP) is 6.97. The molecule has 9 heteroatoms. The van der Waals surface area contributed by atoms with Gasteiger partial charge in [0.25, 0.3) is 0 Å². The molecule has 1 saturated carbocycles. The Bertz CT molecular complexity index is 978. The number of alkyl halides is 2. The molecule has 2 aromatic heterocycles. The Balaban J connectivity index is 1.97. The molecule has 0 aliphatic heterocycles. The molecule has 1 atom stereocenters. The van der Waals surface area contributed by atoms with E-state index in [4.69, 9.17) is 21.3 Å². The summed E-state index contributed by atoms with van der Waals surface area (Å²) < 4.78 is 32.9. The van der Waals surface area contributed by atoms with E-state index in [0.717, 1.165) is 5.56 Å². The van der Waals surface area contributed by atoms with Gasteiger partial charge in [0.2, 0.25) is 5.92 Å². The summed E-state index contributed by atoms with van der Waals surface area (Å²) >= 11 is 6.00. The van der Waals surface area contributed by atoms with Crippen molar-refractivity contribution in [3.63, 3.8) is 0 Å². The minimum absolute atomic E-state index is 0.0361. The summed E-state index contributed by atoms with van der Waals surface area (Å²) in [5, 5.41) is 3.87. The Labute approximate surface area is 211 Å². The summed E-state index contributed by atoms with van der Waals surface area (Å²) in [6, 6.07) is 5.44. The van der Waals surface area contributed by atoms with E-state index in [-0.39, 0.29) is 37.2 Å². The lowest BCUT2D eigenvalue weighted by atomic mass is 9.90. The molecule has 1 aliphatic rings. The minimum atomic E-state index is -2.60. The molecule has 2 aromatic rings. The Hall–Kier alpha value is -2.48. The molecule has 0 radical (unpaired) electrons. The average Bonchev–Trinajstić information content (AvgIpc) is 2.79. The second kappa shape index (κ2) is 12.0. The number of esters is 1. The number of anilines is 3. The second-order valence-electron chi connectivity index (χ2n) is 9.67. The van der Waals surface area contributed by atoms with Crippen molar-refractivity contribution in [3.05, 3.63) is 41.2 Å². The van der Waals surface area contributed by atoms with Gasteiger partial charge < -0.3 is 15.0 Å². The van der Waals surface area contributed by atoms with Crippen molar-refractivity contribution in [2.45, 2.75) is 77.7 Å². The van der Waals surface area contributed by atoms with E-state index >= 15 is 0 Å². The lowest BCUT2D eigenvalue weighted by Gasteiger charge is -2.39. The fraction of sp³-hybridized carbons (Fsp3) is 0.577. The van der Waals surface area contributed by atoms with Gasteiger partial charge in [0.1, 0.15) is 5.82 Å². The van der Waals surface area contributed by atoms with Crippen LogP contribution in [0.15, 0.2) is 30.6 Å². The topological polar surface area (TPSA) is 67.3 Å². The minimum Gasteiger partial charge on any atom is -0.466 e. The Morgan fingerprint density at radius 3 is 2.54 bits per heavy atom. The van der Waals surface area contributed by atoms with Gasteiger partial charge in [-0.3, -0.25) is 4.79 Å². The lowest BCUT2D eigenvalue weighted by Crippen LogP contribution is -2.43. The van der Waals surface area contributed by atoms with Crippen LogP contribution in [0.4, 0.5) is 26.1 Å². The van der Waals surface area contributed by atoms with Crippen molar-refractivity contribution in [2.75, 3.05) is 23.4 Å². The number of aromatic nitrogens is 2. The first kappa shape index (κ1) is 27.1. The third-order valence-electron chi connectivity index (χ3n) is 6.19. The quantitative estimate of drug-likeness (QED) is 0.349. The fourth-order valence-corrected chi connectivity index (χ4v) is 4.49. The zero-order valence-electron chi connectivity index (χ0n) is 20.9. The number of carbonyl (C=O) groups excluding carboxylic acids is 1. The number of nitrogens with zero attached hydrogens (tertiary/aromatic N) is 3. The van der Waals surface area contributed by atoms with E-state index < -0.39 is 5.92 Å². The molecule has 0 bridgehead atoms. The van der Waals surface area contributed by atoms with Crippen molar-refractivity contribution in [3.8, 4) is 0 Å². The molecule has 1 N–H and O–H groups in total. The Kier molecular flexibility index (Phi) is 9.27. The third-order valence-corrected chi connectivity index (χ3v) is 6.41. The third kappa shape index (κ3) is 7.75. The number of ether oxygens (including phenoxy) is 1. The molecule has 1 aliphatic carbocycles. The van der Waals surface area contributed by atoms with Gasteiger partial charge in [-0.2, -0.15) is 0 Å². The van der Waals surface area contributed by atoms with E-state index in [1.165, 1.54) is 0 Å². The van der Waals surface area contributed by atoms with Gasteiger partial charge in [0.15, 0.2) is 5.82 Å². The number of rotatable bonds is 10. The summed E-state index contributed by atoms with van der Waals surface area (Å²) in [6.07, 6.45) is 4.12. The fourth-order valence-electron chi connectivity index (χ4n) is 4.38. The molecule has 6 nitrogen and oxygen atoms in total. The lowest BCUT2D eigenvalue weighted by molar-refractivity contribution is -0.143. The van der Waals surface area contributed by atoms with Crippen molar-refractivity contribution in [1.29, 1.82) is 0 Å². The van der Waals surface area contributed by atoms with Crippen molar-refractivity contribution in [1.82, 2.24) is 9.97 Å². The number of hydrogen-bond donors (Lipinski definition) is 1. The maximum Gasteiger partial charge on any atom is 0.306 e. The van der Waals surface area contributed by atoms with Crippen LogP contribution in [0.25, 0.3) is 0 Å². The molecule has 0 spiro atoms. The van der Waals surface area contributed by atoms with Gasteiger partial charge in [-0.25, -0.2) is 18.7 Å². The zero-order chi connectivity index (χ0) is 25.6. The first-order valence-electron chi connectivity index (χ1n) is 12.3. The zero-order valence-corrected chi connectivity index (χ0v) is 21.6. The molecule has 0 saturated heterocycles. The SMILES string of the molecule is CCOC(=O)C[C@@H](C)c1cnc(N(CC(C)C)C2CCC(F)(F)CC2)c(Nc2ccc(Cl)cn2)c1. The first-order valence-corrected chi connectivity index (χ1v) is 12.6. The second-order valence-corrected chi connectivity index (χ2v) is 10.1. The molecule has 0 aromatic carbocycles. The Morgan fingerprint density at radius 2 is 1.94 bits per heavy atom. The highest BCUT2D eigenvalue weighted by atomic mass is 35.5. The number of halogens is 3. The van der Waals surface area contributed by atoms with Gasteiger partial charge in [-0.05, 0) is 55.4 Å². The van der Waals surface area contributed by atoms with Crippen LogP contribution in [-0.2, 0) is 9.53 Å². The number of hydrogen-bond acceptors (Lipinski definition) is 6. The molecule has 2 heterocycles. The van der Waals surface area contributed by atoms with Gasteiger partial charge in [-0.15, -0.1) is 0 Å². The normalized spacial score (nSPS) is 16.7. The van der Waals surface area contributed by atoms with Crippen LogP contribution in [0.3, 0.4) is 0 Å². The van der Waals surface area contributed by atoms with E-state index in [2.05, 4.69) is 29.0 Å². The standard InChI is InChI=1S/C26H35ClF2N4O2/c1-5-35-24(34)12-18(4)19-13-22(32-23-7-6-20(27)15-30-23)25(31-14-19)33(16-17(2)3)21-8-10-26(28,29)11-9-21/h6-7,13-15,17-18,21H,5,8-12,16H2,1-4H3,(H,30,32)/t18-/m1/s1. The first-order chi connectivity index (χ1) is 16.6. The van der Waals surface area contributed by atoms with Gasteiger partial charge >= 0.3 is 5.97 Å². The molecule has 3 rings (SSSR count). The van der Waals surface area contributed by atoms with Crippen molar-refractivity contribution < 1.29 is 18.3 Å². The molecule has 192 valence electrons. The molecule has 0 amide bonds. The van der Waals surface area contributed by atoms with Crippen LogP contribution >= 0.6 is 11.6 Å².